The molecule has 1 aliphatic heterocycles. The minimum atomic E-state index is -0.478. The number of carbonyl (C=O) groups excluding carboxylic acids is 1. The second kappa shape index (κ2) is 6.38. The molecule has 0 aliphatic carbocycles. The van der Waals surface area contributed by atoms with E-state index in [4.69, 9.17) is 5.73 Å². The van der Waals surface area contributed by atoms with Crippen LogP contribution in [-0.2, 0) is 18.4 Å². The number of likely N-dealkylation sites (tertiary alicyclic amines) is 1. The van der Waals surface area contributed by atoms with Gasteiger partial charge in [-0.1, -0.05) is 0 Å². The number of imidazole rings is 2. The number of hydrogen-bond acceptors (Lipinski definition) is 5. The molecule has 0 spiro atoms. The maximum absolute atomic E-state index is 12.3. The van der Waals surface area contributed by atoms with Crippen LogP contribution in [0.5, 0.6) is 0 Å². The molecule has 0 saturated carbocycles. The SMILES string of the molecule is Cc1cn2c3c(=O)[nH]c(=O)n(C)c3nc2n1CCN1CCC(C(N)=O)CC1. The minimum absolute atomic E-state index is 0.0214. The van der Waals surface area contributed by atoms with Gasteiger partial charge in [0.05, 0.1) is 0 Å². The van der Waals surface area contributed by atoms with Crippen LogP contribution in [0.15, 0.2) is 15.8 Å². The van der Waals surface area contributed by atoms with Gasteiger partial charge < -0.3 is 15.2 Å². The van der Waals surface area contributed by atoms with Crippen molar-refractivity contribution in [1.82, 2.24) is 28.4 Å². The first-order chi connectivity index (χ1) is 12.9. The fourth-order valence-electron chi connectivity index (χ4n) is 3.88. The van der Waals surface area contributed by atoms with Gasteiger partial charge in [0.2, 0.25) is 11.7 Å². The standard InChI is InChI=1S/C17H23N7O3/c1-10-9-24-12-14(21(2)17(27)20-15(12)26)19-16(24)23(10)8-7-22-5-3-11(4-6-22)13(18)25/h9,11H,3-8H2,1-2H3,(H2,18,25)(H,20,26,27). The highest BCUT2D eigenvalue weighted by Gasteiger charge is 2.23. The number of nitrogens with zero attached hydrogens (tertiary/aromatic N) is 5. The molecule has 3 aromatic heterocycles. The number of piperidine rings is 1. The Morgan fingerprint density at radius 1 is 1.30 bits per heavy atom. The first kappa shape index (κ1) is 17.5. The van der Waals surface area contributed by atoms with E-state index < -0.39 is 11.2 Å². The Kier molecular flexibility index (Phi) is 4.14. The maximum Gasteiger partial charge on any atom is 0.329 e. The van der Waals surface area contributed by atoms with Crippen LogP contribution in [0.2, 0.25) is 0 Å². The second-order valence-corrected chi connectivity index (χ2v) is 7.21. The van der Waals surface area contributed by atoms with Crippen LogP contribution in [0, 0.1) is 12.8 Å². The summed E-state index contributed by atoms with van der Waals surface area (Å²) in [6.45, 7) is 5.17. The summed E-state index contributed by atoms with van der Waals surface area (Å²) in [7, 11) is 1.59. The number of nitrogens with two attached hydrogens (primary N) is 1. The third-order valence-corrected chi connectivity index (χ3v) is 5.54. The Balaban J connectivity index is 1.62. The first-order valence-electron chi connectivity index (χ1n) is 9.05. The molecule has 4 heterocycles. The van der Waals surface area contributed by atoms with Gasteiger partial charge in [0.1, 0.15) is 0 Å². The van der Waals surface area contributed by atoms with E-state index in [0.717, 1.165) is 38.2 Å². The number of H-pyrrole nitrogens is 1. The van der Waals surface area contributed by atoms with Gasteiger partial charge in [0, 0.05) is 37.9 Å². The van der Waals surface area contributed by atoms with E-state index in [9.17, 15) is 14.4 Å². The minimum Gasteiger partial charge on any atom is -0.369 e. The number of fused-ring (bicyclic) bond motifs is 3. The molecule has 0 aromatic carbocycles. The molecule has 0 atom stereocenters. The zero-order valence-corrected chi connectivity index (χ0v) is 15.4. The number of rotatable bonds is 4. The largest absolute Gasteiger partial charge is 0.369 e. The van der Waals surface area contributed by atoms with Crippen LogP contribution in [0.3, 0.4) is 0 Å². The van der Waals surface area contributed by atoms with Crippen LogP contribution < -0.4 is 17.0 Å². The van der Waals surface area contributed by atoms with Crippen molar-refractivity contribution in [3.63, 3.8) is 0 Å². The quantitative estimate of drug-likeness (QED) is 0.619. The molecular weight excluding hydrogens is 350 g/mol. The summed E-state index contributed by atoms with van der Waals surface area (Å²) in [5.41, 5.74) is 6.20. The Morgan fingerprint density at radius 2 is 2.00 bits per heavy atom. The van der Waals surface area contributed by atoms with Crippen molar-refractivity contribution in [3.8, 4) is 0 Å². The van der Waals surface area contributed by atoms with Gasteiger partial charge in [-0.3, -0.25) is 23.5 Å². The van der Waals surface area contributed by atoms with Crippen molar-refractivity contribution in [2.75, 3.05) is 19.6 Å². The summed E-state index contributed by atoms with van der Waals surface area (Å²) in [6.07, 6.45) is 3.45. The Morgan fingerprint density at radius 3 is 2.67 bits per heavy atom. The fraction of sp³-hybridized carbons (Fsp3) is 0.529. The number of carbonyl (C=O) groups is 1. The van der Waals surface area contributed by atoms with Gasteiger partial charge in [-0.2, -0.15) is 4.98 Å². The highest BCUT2D eigenvalue weighted by Crippen LogP contribution is 2.18. The highest BCUT2D eigenvalue weighted by molar-refractivity contribution is 5.76. The van der Waals surface area contributed by atoms with Crippen molar-refractivity contribution < 1.29 is 4.79 Å². The summed E-state index contributed by atoms with van der Waals surface area (Å²) in [4.78, 5) is 44.5. The Labute approximate surface area is 154 Å². The number of nitrogens with one attached hydrogen (secondary N) is 1. The number of primary amides is 1. The Bertz CT molecular complexity index is 1140. The molecule has 0 bridgehead atoms. The molecule has 10 nitrogen and oxygen atoms in total. The predicted molar refractivity (Wildman–Crippen MR) is 99.6 cm³/mol. The molecular formula is C17H23N7O3. The molecule has 3 aromatic rings. The van der Waals surface area contributed by atoms with Gasteiger partial charge in [-0.25, -0.2) is 4.79 Å². The van der Waals surface area contributed by atoms with Gasteiger partial charge in [0.25, 0.3) is 5.56 Å². The molecule has 1 aliphatic rings. The average Bonchev–Trinajstić information content (AvgIpc) is 3.13. The molecule has 1 fully saturated rings. The number of amides is 1. The number of aryl methyl sites for hydroxylation is 2. The third-order valence-electron chi connectivity index (χ3n) is 5.54. The van der Waals surface area contributed by atoms with Crippen LogP contribution in [0.4, 0.5) is 0 Å². The van der Waals surface area contributed by atoms with E-state index in [1.807, 2.05) is 17.7 Å². The van der Waals surface area contributed by atoms with Gasteiger partial charge in [0.15, 0.2) is 11.2 Å². The van der Waals surface area contributed by atoms with Crippen LogP contribution in [-0.4, -0.2) is 53.9 Å². The number of aromatic nitrogens is 5. The molecule has 10 heteroatoms. The van der Waals surface area contributed by atoms with Crippen LogP contribution in [0.25, 0.3) is 16.9 Å². The topological polar surface area (TPSA) is 123 Å². The third kappa shape index (κ3) is 2.85. The predicted octanol–water partition coefficient (Wildman–Crippen LogP) is -0.818. The van der Waals surface area contributed by atoms with Crippen molar-refractivity contribution >= 4 is 22.8 Å². The Hall–Kier alpha value is -2.88. The van der Waals surface area contributed by atoms with Crippen molar-refractivity contribution in [1.29, 1.82) is 0 Å². The summed E-state index contributed by atoms with van der Waals surface area (Å²) in [5, 5.41) is 0. The van der Waals surface area contributed by atoms with Gasteiger partial charge >= 0.3 is 5.69 Å². The van der Waals surface area contributed by atoms with Gasteiger partial charge in [-0.15, -0.1) is 0 Å². The molecule has 144 valence electrons. The summed E-state index contributed by atoms with van der Waals surface area (Å²) in [5.74, 6) is 0.408. The van der Waals surface area contributed by atoms with Crippen molar-refractivity contribution in [2.45, 2.75) is 26.3 Å². The van der Waals surface area contributed by atoms with Crippen molar-refractivity contribution in [3.05, 3.63) is 32.7 Å². The van der Waals surface area contributed by atoms with Crippen LogP contribution in [0.1, 0.15) is 18.5 Å². The monoisotopic (exact) mass is 373 g/mol. The maximum atomic E-state index is 12.3. The lowest BCUT2D eigenvalue weighted by atomic mass is 9.96. The van der Waals surface area contributed by atoms with E-state index in [-0.39, 0.29) is 11.8 Å². The lowest BCUT2D eigenvalue weighted by Crippen LogP contribution is -2.39. The highest BCUT2D eigenvalue weighted by atomic mass is 16.2. The van der Waals surface area contributed by atoms with E-state index in [2.05, 4.69) is 14.9 Å². The van der Waals surface area contributed by atoms with Crippen molar-refractivity contribution in [2.24, 2.45) is 18.7 Å². The van der Waals surface area contributed by atoms with E-state index in [1.54, 1.807) is 11.4 Å². The normalized spacial score (nSPS) is 16.5. The second-order valence-electron chi connectivity index (χ2n) is 7.21. The molecule has 1 amide bonds. The molecule has 0 unspecified atom stereocenters. The zero-order chi connectivity index (χ0) is 19.3. The molecule has 0 radical (unpaired) electrons. The number of aromatic amines is 1. The zero-order valence-electron chi connectivity index (χ0n) is 15.4. The summed E-state index contributed by atoms with van der Waals surface area (Å²) >= 11 is 0. The average molecular weight is 373 g/mol. The van der Waals surface area contributed by atoms with E-state index >= 15 is 0 Å². The van der Waals surface area contributed by atoms with Crippen LogP contribution >= 0.6 is 0 Å². The smallest absolute Gasteiger partial charge is 0.329 e. The lowest BCUT2D eigenvalue weighted by molar-refractivity contribution is -0.123. The summed E-state index contributed by atoms with van der Waals surface area (Å²) < 4.78 is 5.13. The van der Waals surface area contributed by atoms with E-state index in [0.29, 0.717) is 23.5 Å². The number of hydrogen-bond donors (Lipinski definition) is 2. The van der Waals surface area contributed by atoms with E-state index in [1.165, 1.54) is 4.57 Å². The van der Waals surface area contributed by atoms with Gasteiger partial charge in [-0.05, 0) is 32.9 Å². The lowest BCUT2D eigenvalue weighted by Gasteiger charge is -2.30. The molecule has 4 rings (SSSR count). The fourth-order valence-corrected chi connectivity index (χ4v) is 3.88. The summed E-state index contributed by atoms with van der Waals surface area (Å²) in [6, 6.07) is 0. The molecule has 3 N–H and O–H groups in total. The molecule has 27 heavy (non-hydrogen) atoms. The molecule has 1 saturated heterocycles. The first-order valence-corrected chi connectivity index (χ1v) is 9.05.